The summed E-state index contributed by atoms with van der Waals surface area (Å²) in [4.78, 5) is 2.42. The molecule has 0 aliphatic carbocycles. The summed E-state index contributed by atoms with van der Waals surface area (Å²) >= 11 is 0. The third-order valence-electron chi connectivity index (χ3n) is 7.95. The van der Waals surface area contributed by atoms with Crippen molar-refractivity contribution >= 4 is 50.0 Å². The van der Waals surface area contributed by atoms with Crippen molar-refractivity contribution in [2.75, 3.05) is 10.2 Å². The van der Waals surface area contributed by atoms with Crippen LogP contribution in [0, 0.1) is 0 Å². The zero-order valence-electron chi connectivity index (χ0n) is 21.9. The molecule has 1 heterocycles. The van der Waals surface area contributed by atoms with E-state index >= 15 is 0 Å². The third kappa shape index (κ3) is 3.65. The summed E-state index contributed by atoms with van der Waals surface area (Å²) in [5.41, 5.74) is 10.8. The van der Waals surface area contributed by atoms with Crippen molar-refractivity contribution in [2.45, 2.75) is 0 Å². The number of nitrogens with one attached hydrogen (secondary N) is 1. The molecule has 2 heteroatoms. The smallest absolute Gasteiger partial charge is 0.0547 e. The summed E-state index contributed by atoms with van der Waals surface area (Å²) in [7, 11) is 0. The molecule has 0 saturated heterocycles. The number of benzene rings is 7. The van der Waals surface area contributed by atoms with E-state index < -0.39 is 0 Å². The minimum Gasteiger partial charge on any atom is -0.356 e. The van der Waals surface area contributed by atoms with Gasteiger partial charge in [0.05, 0.1) is 11.4 Å². The summed E-state index contributed by atoms with van der Waals surface area (Å²) in [6, 6.07) is 54.4. The molecule has 1 aliphatic rings. The van der Waals surface area contributed by atoms with Gasteiger partial charge in [0.15, 0.2) is 0 Å². The molecule has 1 aliphatic heterocycles. The molecule has 7 aromatic rings. The Balaban J connectivity index is 1.21. The van der Waals surface area contributed by atoms with Crippen molar-refractivity contribution in [1.82, 2.24) is 0 Å². The summed E-state index contributed by atoms with van der Waals surface area (Å²) < 4.78 is 0. The molecule has 0 aromatic heterocycles. The molecule has 0 bridgehead atoms. The molecule has 7 aromatic carbocycles. The fourth-order valence-electron chi connectivity index (χ4n) is 6.09. The van der Waals surface area contributed by atoms with Gasteiger partial charge in [0, 0.05) is 28.0 Å². The molecule has 0 spiro atoms. The summed E-state index contributed by atoms with van der Waals surface area (Å²) in [6.45, 7) is 0. The second-order valence-corrected chi connectivity index (χ2v) is 10.3. The molecule has 8 rings (SSSR count). The first kappa shape index (κ1) is 22.6. The summed E-state index contributed by atoms with van der Waals surface area (Å²) in [5.74, 6) is 0. The molecule has 2 nitrogen and oxygen atoms in total. The predicted octanol–water partition coefficient (Wildman–Crippen LogP) is 10.9. The van der Waals surface area contributed by atoms with Crippen molar-refractivity contribution in [3.05, 3.63) is 152 Å². The molecule has 0 amide bonds. The first-order valence-corrected chi connectivity index (χ1v) is 13.7. The van der Waals surface area contributed by atoms with Gasteiger partial charge in [-0.2, -0.15) is 0 Å². The van der Waals surface area contributed by atoms with Crippen molar-refractivity contribution in [2.24, 2.45) is 0 Å². The molecule has 0 atom stereocenters. The number of nitrogens with zero attached hydrogens (tertiary/aromatic N) is 1. The van der Waals surface area contributed by atoms with E-state index in [0.29, 0.717) is 0 Å². The second kappa shape index (κ2) is 9.14. The highest BCUT2D eigenvalue weighted by molar-refractivity contribution is 6.19. The Morgan fingerprint density at radius 2 is 1.07 bits per heavy atom. The van der Waals surface area contributed by atoms with E-state index in [1.54, 1.807) is 0 Å². The average molecular weight is 511 g/mol. The largest absolute Gasteiger partial charge is 0.356 e. The highest BCUT2D eigenvalue weighted by Gasteiger charge is 2.27. The average Bonchev–Trinajstić information content (AvgIpc) is 3.02. The van der Waals surface area contributed by atoms with Gasteiger partial charge in [-0.15, -0.1) is 0 Å². The Labute approximate surface area is 233 Å². The Hall–Kier alpha value is -5.34. The van der Waals surface area contributed by atoms with Gasteiger partial charge >= 0.3 is 0 Å². The van der Waals surface area contributed by atoms with Crippen LogP contribution in [0.15, 0.2) is 152 Å². The Bertz CT molecular complexity index is 2000. The maximum Gasteiger partial charge on any atom is 0.0547 e. The van der Waals surface area contributed by atoms with Crippen LogP contribution in [0.2, 0.25) is 0 Å². The van der Waals surface area contributed by atoms with E-state index in [1.807, 2.05) is 18.2 Å². The van der Waals surface area contributed by atoms with Gasteiger partial charge in [-0.3, -0.25) is 0 Å². The van der Waals surface area contributed by atoms with Crippen LogP contribution in [0.1, 0.15) is 0 Å². The van der Waals surface area contributed by atoms with Gasteiger partial charge in [-0.05, 0) is 81.4 Å². The van der Waals surface area contributed by atoms with Crippen LogP contribution in [-0.2, 0) is 0 Å². The number of fused-ring (bicyclic) bond motifs is 4. The highest BCUT2D eigenvalue weighted by Crippen LogP contribution is 2.52. The van der Waals surface area contributed by atoms with E-state index in [4.69, 9.17) is 0 Å². The molecule has 0 fully saturated rings. The zero-order valence-corrected chi connectivity index (χ0v) is 21.9. The van der Waals surface area contributed by atoms with E-state index in [9.17, 15) is 0 Å². The number of hydrogen-bond donors (Lipinski definition) is 1. The van der Waals surface area contributed by atoms with Crippen molar-refractivity contribution in [3.8, 4) is 22.3 Å². The summed E-state index contributed by atoms with van der Waals surface area (Å²) in [6.07, 6.45) is 0. The van der Waals surface area contributed by atoms with Crippen LogP contribution in [0.5, 0.6) is 0 Å². The van der Waals surface area contributed by atoms with E-state index in [1.165, 1.54) is 55.2 Å². The standard InChI is InChI=1S/C38H26N2/c1-2-11-30(12-3-1)39-31-21-16-26(17-22-31)27-18-23-32(24-19-27)40-35-15-7-10-29-9-6-14-34(37(29)35)38-33-13-5-4-8-28(33)20-25-36(38)40/h1-25,39H. The minimum absolute atomic E-state index is 1.08. The maximum absolute atomic E-state index is 3.47. The van der Waals surface area contributed by atoms with Gasteiger partial charge in [-0.25, -0.2) is 0 Å². The lowest BCUT2D eigenvalue weighted by Gasteiger charge is -2.34. The predicted molar refractivity (Wildman–Crippen MR) is 170 cm³/mol. The fraction of sp³-hybridized carbons (Fsp3) is 0. The zero-order chi connectivity index (χ0) is 26.5. The van der Waals surface area contributed by atoms with E-state index in [2.05, 4.69) is 144 Å². The monoisotopic (exact) mass is 510 g/mol. The van der Waals surface area contributed by atoms with Gasteiger partial charge in [0.1, 0.15) is 0 Å². The second-order valence-electron chi connectivity index (χ2n) is 10.3. The van der Waals surface area contributed by atoms with Gasteiger partial charge in [-0.1, -0.05) is 103 Å². The SMILES string of the molecule is c1ccc(Nc2ccc(-c3ccc(N4c5ccc6ccccc6c5-c5cccc6cccc4c56)cc3)cc2)cc1. The van der Waals surface area contributed by atoms with Crippen molar-refractivity contribution in [1.29, 1.82) is 0 Å². The number of rotatable bonds is 4. The number of anilines is 5. The molecule has 0 radical (unpaired) electrons. The van der Waals surface area contributed by atoms with Crippen LogP contribution in [0.25, 0.3) is 43.8 Å². The fourth-order valence-corrected chi connectivity index (χ4v) is 6.09. The molecule has 188 valence electrons. The first-order valence-electron chi connectivity index (χ1n) is 13.7. The van der Waals surface area contributed by atoms with Gasteiger partial charge in [0.25, 0.3) is 0 Å². The van der Waals surface area contributed by atoms with E-state index in [0.717, 1.165) is 17.1 Å². The third-order valence-corrected chi connectivity index (χ3v) is 7.95. The molecular weight excluding hydrogens is 484 g/mol. The molecule has 0 unspecified atom stereocenters. The summed E-state index contributed by atoms with van der Waals surface area (Å²) in [5, 5.41) is 8.58. The van der Waals surface area contributed by atoms with Crippen molar-refractivity contribution < 1.29 is 0 Å². The number of para-hydroxylation sites is 1. The van der Waals surface area contributed by atoms with E-state index in [-0.39, 0.29) is 0 Å². The lowest BCUT2D eigenvalue weighted by Crippen LogP contribution is -2.15. The van der Waals surface area contributed by atoms with Crippen molar-refractivity contribution in [3.63, 3.8) is 0 Å². The molecule has 40 heavy (non-hydrogen) atoms. The van der Waals surface area contributed by atoms with Crippen LogP contribution in [0.3, 0.4) is 0 Å². The van der Waals surface area contributed by atoms with Gasteiger partial charge in [0.2, 0.25) is 0 Å². The lowest BCUT2D eigenvalue weighted by atomic mass is 9.87. The lowest BCUT2D eigenvalue weighted by molar-refractivity contribution is 1.29. The van der Waals surface area contributed by atoms with Gasteiger partial charge < -0.3 is 10.2 Å². The molecule has 1 N–H and O–H groups in total. The molecule has 0 saturated carbocycles. The number of hydrogen-bond acceptors (Lipinski definition) is 2. The van der Waals surface area contributed by atoms with Crippen LogP contribution >= 0.6 is 0 Å². The topological polar surface area (TPSA) is 15.3 Å². The maximum atomic E-state index is 3.47. The van der Waals surface area contributed by atoms with Crippen LogP contribution in [0.4, 0.5) is 28.4 Å². The Morgan fingerprint density at radius 1 is 0.425 bits per heavy atom. The Kier molecular flexibility index (Phi) is 5.17. The first-order chi connectivity index (χ1) is 19.8. The highest BCUT2D eigenvalue weighted by atomic mass is 15.2. The minimum atomic E-state index is 1.08. The normalized spacial score (nSPS) is 11.9. The molecular formula is C38H26N2. The van der Waals surface area contributed by atoms with Crippen LogP contribution in [-0.4, -0.2) is 0 Å². The van der Waals surface area contributed by atoms with Crippen LogP contribution < -0.4 is 10.2 Å². The quantitative estimate of drug-likeness (QED) is 0.253. The Morgan fingerprint density at radius 3 is 1.88 bits per heavy atom.